The summed E-state index contributed by atoms with van der Waals surface area (Å²) in [6, 6.07) is 18.7. The molecule has 1 N–H and O–H groups in total. The molecule has 14 heteroatoms. The summed E-state index contributed by atoms with van der Waals surface area (Å²) in [5, 5.41) is 8.45. The smallest absolute Gasteiger partial charge is 0.310 e. The van der Waals surface area contributed by atoms with Crippen molar-refractivity contribution in [2.75, 3.05) is 6.61 Å². The highest BCUT2D eigenvalue weighted by molar-refractivity contribution is 5.97. The molecule has 0 bridgehead atoms. The van der Waals surface area contributed by atoms with E-state index < -0.39 is 83.8 Å². The Morgan fingerprint density at radius 1 is 0.789 bits per heavy atom. The number of benzene rings is 3. The molecule has 57 heavy (non-hydrogen) atoms. The summed E-state index contributed by atoms with van der Waals surface area (Å²) < 4.78 is 22.1. The van der Waals surface area contributed by atoms with E-state index >= 15 is 0 Å². The molecule has 0 saturated heterocycles. The monoisotopic (exact) mass is 787 g/mol. The van der Waals surface area contributed by atoms with Crippen molar-refractivity contribution < 1.29 is 52.5 Å². The number of esters is 3. The molecule has 0 saturated carbocycles. The summed E-state index contributed by atoms with van der Waals surface area (Å²) >= 11 is 0. The first-order valence-electron chi connectivity index (χ1n) is 18.7. The van der Waals surface area contributed by atoms with Gasteiger partial charge < -0.3 is 24.3 Å². The topological polar surface area (TPSA) is 184 Å². The van der Waals surface area contributed by atoms with Gasteiger partial charge in [-0.1, -0.05) is 91.7 Å². The van der Waals surface area contributed by atoms with Crippen LogP contribution in [0.3, 0.4) is 0 Å². The Labute approximate surface area is 333 Å². The van der Waals surface area contributed by atoms with Crippen molar-refractivity contribution in [2.24, 2.45) is 11.0 Å². The molecular weight excluding hydrogens is 734 g/mol. The lowest BCUT2D eigenvalue weighted by atomic mass is 10.00. The molecule has 0 aliphatic carbocycles. The second-order valence-corrected chi connectivity index (χ2v) is 15.8. The molecule has 3 rings (SSSR count). The van der Waals surface area contributed by atoms with Gasteiger partial charge in [-0.05, 0) is 75.8 Å². The van der Waals surface area contributed by atoms with Gasteiger partial charge in [0.25, 0.3) is 12.0 Å². The maximum Gasteiger partial charge on any atom is 0.310 e. The molecule has 2 amide bonds. The summed E-state index contributed by atoms with van der Waals surface area (Å²) in [6.07, 6.45) is -1.29. The predicted octanol–water partition coefficient (Wildman–Crippen LogP) is 5.52. The summed E-state index contributed by atoms with van der Waals surface area (Å²) in [4.78, 5) is 92.2. The summed E-state index contributed by atoms with van der Waals surface area (Å²) in [7, 11) is 0. The molecule has 0 aromatic heterocycles. The van der Waals surface area contributed by atoms with Crippen LogP contribution in [-0.2, 0) is 65.5 Å². The van der Waals surface area contributed by atoms with Crippen molar-refractivity contribution in [1.82, 2.24) is 10.3 Å². The van der Waals surface area contributed by atoms with Crippen LogP contribution in [0.15, 0.2) is 77.9 Å². The van der Waals surface area contributed by atoms with Gasteiger partial charge in [-0.15, -0.1) is 0 Å². The Balaban J connectivity index is 1.86. The van der Waals surface area contributed by atoms with Gasteiger partial charge in [0.1, 0.15) is 29.4 Å². The molecule has 0 heterocycles. The first-order valence-corrected chi connectivity index (χ1v) is 18.7. The molecule has 0 fully saturated rings. The third-order valence-corrected chi connectivity index (χ3v) is 8.22. The van der Waals surface area contributed by atoms with Crippen LogP contribution in [0, 0.1) is 5.92 Å². The number of Topliss-reactive ketones (excluding diaryl/α,β-unsaturated/α-hetero) is 1. The van der Waals surface area contributed by atoms with Gasteiger partial charge in [0.2, 0.25) is 5.91 Å². The van der Waals surface area contributed by atoms with Crippen LogP contribution >= 0.6 is 0 Å². The van der Waals surface area contributed by atoms with Crippen LogP contribution in [0.5, 0.6) is 0 Å². The lowest BCUT2D eigenvalue weighted by molar-refractivity contribution is -0.160. The highest BCUT2D eigenvalue weighted by Crippen LogP contribution is 2.21. The summed E-state index contributed by atoms with van der Waals surface area (Å²) in [5.41, 5.74) is -0.340. The second-order valence-electron chi connectivity index (χ2n) is 15.8. The Hall–Kier alpha value is -5.72. The van der Waals surface area contributed by atoms with Crippen molar-refractivity contribution >= 4 is 52.4 Å². The Morgan fingerprint density at radius 3 is 2.04 bits per heavy atom. The molecule has 3 aromatic carbocycles. The predicted molar refractivity (Wildman–Crippen MR) is 210 cm³/mol. The zero-order valence-electron chi connectivity index (χ0n) is 33.9. The molecule has 3 aromatic rings. The van der Waals surface area contributed by atoms with E-state index in [0.717, 1.165) is 10.8 Å². The van der Waals surface area contributed by atoms with E-state index in [-0.39, 0.29) is 25.9 Å². The van der Waals surface area contributed by atoms with E-state index in [9.17, 15) is 33.6 Å². The number of nitrogens with one attached hydrogen (secondary N) is 1. The minimum absolute atomic E-state index is 0.0611. The van der Waals surface area contributed by atoms with Crippen molar-refractivity contribution in [1.29, 1.82) is 0 Å². The van der Waals surface area contributed by atoms with Gasteiger partial charge >= 0.3 is 17.9 Å². The van der Waals surface area contributed by atoms with Gasteiger partial charge in [-0.2, -0.15) is 0 Å². The largest absolute Gasteiger partial charge is 0.460 e. The van der Waals surface area contributed by atoms with Crippen LogP contribution < -0.4 is 5.32 Å². The average Bonchev–Trinajstić information content (AvgIpc) is 3.12. The fourth-order valence-corrected chi connectivity index (χ4v) is 5.78. The minimum Gasteiger partial charge on any atom is -0.460 e. The molecule has 306 valence electrons. The van der Waals surface area contributed by atoms with Crippen LogP contribution in [0.1, 0.15) is 85.8 Å². The number of nitrogens with zero attached hydrogens (tertiary/aromatic N) is 2. The number of ether oxygens (including phenoxy) is 4. The SMILES string of the molecule is CC(C)C(C(=O)NC(CC(=O)OC(C)(C)C)C(=O)COC(=O)Cc1cccc2ccccc12)N(N=C=O)C(=O)C(CCC(=O)OC(C)(C)C)OCc1ccccc1. The lowest BCUT2D eigenvalue weighted by Crippen LogP contribution is -2.56. The zero-order chi connectivity index (χ0) is 42.3. The van der Waals surface area contributed by atoms with Gasteiger partial charge in [0.05, 0.1) is 19.4 Å². The van der Waals surface area contributed by atoms with Crippen molar-refractivity contribution in [3.8, 4) is 0 Å². The Morgan fingerprint density at radius 2 is 1.40 bits per heavy atom. The molecule has 3 atom stereocenters. The van der Waals surface area contributed by atoms with Gasteiger partial charge in [-0.3, -0.25) is 28.8 Å². The first-order chi connectivity index (χ1) is 26.8. The number of carbonyl (C=O) groups is 6. The number of isocyanates is 1. The summed E-state index contributed by atoms with van der Waals surface area (Å²) in [6.45, 7) is 12.3. The van der Waals surface area contributed by atoms with Crippen molar-refractivity contribution in [3.63, 3.8) is 0 Å². The first kappa shape index (κ1) is 45.7. The standard InChI is InChI=1S/C43H53N3O11/c1-28(2)39(46(44-27-47)41(53)35(21-22-36(49)56-42(3,4)5)54-25-29-15-10-9-11-16-29)40(52)45-33(24-38(51)57-43(6,7)8)34(48)26-55-37(50)23-31-19-14-18-30-17-12-13-20-32(30)31/h9-20,28,33,35,39H,21-26H2,1-8H3,(H,45,52). The van der Waals surface area contributed by atoms with Crippen molar-refractivity contribution in [2.45, 2.75) is 117 Å². The third kappa shape index (κ3) is 15.4. The Kier molecular flexibility index (Phi) is 16.8. The fourth-order valence-electron chi connectivity index (χ4n) is 5.78. The Bertz CT molecular complexity index is 1920. The molecule has 0 spiro atoms. The van der Waals surface area contributed by atoms with Crippen molar-refractivity contribution in [3.05, 3.63) is 83.9 Å². The molecule has 14 nitrogen and oxygen atoms in total. The van der Waals surface area contributed by atoms with E-state index in [4.69, 9.17) is 18.9 Å². The molecule has 0 aliphatic rings. The average molecular weight is 788 g/mol. The molecular formula is C43H53N3O11. The van der Waals surface area contributed by atoms with Crippen LogP contribution in [0.25, 0.3) is 10.8 Å². The van der Waals surface area contributed by atoms with Crippen LogP contribution in [-0.4, -0.2) is 82.6 Å². The number of rotatable bonds is 19. The van der Waals surface area contributed by atoms with E-state index in [2.05, 4.69) is 10.4 Å². The van der Waals surface area contributed by atoms with Gasteiger partial charge in [0, 0.05) is 6.42 Å². The third-order valence-electron chi connectivity index (χ3n) is 8.22. The minimum atomic E-state index is -1.58. The zero-order valence-corrected chi connectivity index (χ0v) is 33.9. The number of fused-ring (bicyclic) bond motifs is 1. The second kappa shape index (κ2) is 21.0. The maximum absolute atomic E-state index is 14.2. The number of hydrogen-bond acceptors (Lipinski definition) is 12. The molecule has 0 radical (unpaired) electrons. The maximum atomic E-state index is 14.2. The number of carbonyl (C=O) groups excluding carboxylic acids is 7. The van der Waals surface area contributed by atoms with E-state index in [1.54, 1.807) is 97.9 Å². The lowest BCUT2D eigenvalue weighted by Gasteiger charge is -2.32. The van der Waals surface area contributed by atoms with E-state index in [1.807, 2.05) is 30.3 Å². The highest BCUT2D eigenvalue weighted by Gasteiger charge is 2.39. The highest BCUT2D eigenvalue weighted by atomic mass is 16.6. The number of hydrazone groups is 1. The van der Waals surface area contributed by atoms with Crippen LogP contribution in [0.4, 0.5) is 0 Å². The van der Waals surface area contributed by atoms with Crippen LogP contribution in [0.2, 0.25) is 0 Å². The van der Waals surface area contributed by atoms with Gasteiger partial charge in [-0.25, -0.2) is 9.80 Å². The fraction of sp³-hybridized carbons (Fsp3) is 0.465. The molecule has 0 aliphatic heterocycles. The summed E-state index contributed by atoms with van der Waals surface area (Å²) in [5.74, 6) is -5.62. The van der Waals surface area contributed by atoms with E-state index in [1.165, 1.54) is 6.08 Å². The number of ketones is 1. The quantitative estimate of drug-likeness (QED) is 0.0531. The van der Waals surface area contributed by atoms with Gasteiger partial charge in [0.15, 0.2) is 12.4 Å². The number of amides is 2. The number of hydrogen-bond donors (Lipinski definition) is 1. The molecule has 3 unspecified atom stereocenters. The normalized spacial score (nSPS) is 13.1. The van der Waals surface area contributed by atoms with E-state index in [0.29, 0.717) is 16.1 Å².